The standard InChI is InChI=1S/C12H21N3O4/c1-13-11-9-14-10-12(15-11)19-8-7-18-6-5-17-4-3-16-2/h9-10H,3-8H2,1-2H3,(H,13,15). The Morgan fingerprint density at radius 3 is 2.37 bits per heavy atom. The van der Waals surface area contributed by atoms with Gasteiger partial charge in [-0.15, -0.1) is 0 Å². The fourth-order valence-electron chi connectivity index (χ4n) is 1.21. The Kier molecular flexibility index (Phi) is 8.61. The molecular formula is C12H21N3O4. The van der Waals surface area contributed by atoms with E-state index in [2.05, 4.69) is 15.3 Å². The molecule has 1 rings (SSSR count). The van der Waals surface area contributed by atoms with Gasteiger partial charge in [-0.2, -0.15) is 4.98 Å². The second-order valence-electron chi connectivity index (χ2n) is 3.56. The maximum absolute atomic E-state index is 5.39. The topological polar surface area (TPSA) is 74.7 Å². The second kappa shape index (κ2) is 10.5. The summed E-state index contributed by atoms with van der Waals surface area (Å²) in [7, 11) is 3.42. The SMILES string of the molecule is CNc1cncc(OCCOCCOCCOC)n1. The van der Waals surface area contributed by atoms with Crippen LogP contribution in [0, 0.1) is 0 Å². The molecule has 7 nitrogen and oxygen atoms in total. The van der Waals surface area contributed by atoms with Crippen LogP contribution >= 0.6 is 0 Å². The van der Waals surface area contributed by atoms with Crippen LogP contribution in [0.1, 0.15) is 0 Å². The van der Waals surface area contributed by atoms with Gasteiger partial charge in [-0.1, -0.05) is 0 Å². The van der Waals surface area contributed by atoms with E-state index in [-0.39, 0.29) is 0 Å². The third-order valence-corrected chi connectivity index (χ3v) is 2.15. The van der Waals surface area contributed by atoms with Crippen LogP contribution in [0.25, 0.3) is 0 Å². The molecule has 0 aliphatic heterocycles. The summed E-state index contributed by atoms with van der Waals surface area (Å²) in [5.41, 5.74) is 0. The third-order valence-electron chi connectivity index (χ3n) is 2.15. The number of hydrogen-bond donors (Lipinski definition) is 1. The molecule has 1 aromatic heterocycles. The lowest BCUT2D eigenvalue weighted by molar-refractivity contribution is 0.0176. The molecule has 7 heteroatoms. The number of aromatic nitrogens is 2. The first-order chi connectivity index (χ1) is 9.36. The number of rotatable bonds is 11. The van der Waals surface area contributed by atoms with Crippen LogP contribution in [0.2, 0.25) is 0 Å². The van der Waals surface area contributed by atoms with Crippen LogP contribution in [-0.4, -0.2) is 63.8 Å². The predicted octanol–water partition coefficient (Wildman–Crippen LogP) is 0.577. The van der Waals surface area contributed by atoms with E-state index < -0.39 is 0 Å². The van der Waals surface area contributed by atoms with Crippen LogP contribution < -0.4 is 10.1 Å². The maximum atomic E-state index is 5.39. The molecule has 1 N–H and O–H groups in total. The highest BCUT2D eigenvalue weighted by atomic mass is 16.6. The Morgan fingerprint density at radius 1 is 1.00 bits per heavy atom. The molecule has 0 unspecified atom stereocenters. The van der Waals surface area contributed by atoms with E-state index in [0.29, 0.717) is 51.3 Å². The zero-order chi connectivity index (χ0) is 13.8. The zero-order valence-electron chi connectivity index (χ0n) is 11.4. The number of anilines is 1. The van der Waals surface area contributed by atoms with Crippen molar-refractivity contribution >= 4 is 5.82 Å². The molecule has 0 amide bonds. The van der Waals surface area contributed by atoms with Gasteiger partial charge in [0, 0.05) is 14.2 Å². The van der Waals surface area contributed by atoms with E-state index in [4.69, 9.17) is 18.9 Å². The number of nitrogens with one attached hydrogen (secondary N) is 1. The van der Waals surface area contributed by atoms with Crippen molar-refractivity contribution < 1.29 is 18.9 Å². The number of nitrogens with zero attached hydrogens (tertiary/aromatic N) is 2. The van der Waals surface area contributed by atoms with Gasteiger partial charge < -0.3 is 24.3 Å². The number of ether oxygens (including phenoxy) is 4. The lowest BCUT2D eigenvalue weighted by Crippen LogP contribution is -2.12. The van der Waals surface area contributed by atoms with Gasteiger partial charge >= 0.3 is 0 Å². The third kappa shape index (κ3) is 7.55. The van der Waals surface area contributed by atoms with Crippen molar-refractivity contribution in [2.75, 3.05) is 59.1 Å². The molecule has 0 atom stereocenters. The van der Waals surface area contributed by atoms with Gasteiger partial charge in [0.25, 0.3) is 0 Å². The van der Waals surface area contributed by atoms with Gasteiger partial charge in [-0.25, -0.2) is 0 Å². The summed E-state index contributed by atoms with van der Waals surface area (Å²) in [5, 5.41) is 2.89. The summed E-state index contributed by atoms with van der Waals surface area (Å²) in [6.07, 6.45) is 3.19. The van der Waals surface area contributed by atoms with E-state index in [0.717, 1.165) is 0 Å². The summed E-state index contributed by atoms with van der Waals surface area (Å²) >= 11 is 0. The van der Waals surface area contributed by atoms with Crippen molar-refractivity contribution in [3.63, 3.8) is 0 Å². The van der Waals surface area contributed by atoms with E-state index in [1.165, 1.54) is 0 Å². The van der Waals surface area contributed by atoms with Crippen molar-refractivity contribution in [2.45, 2.75) is 0 Å². The number of methoxy groups -OCH3 is 1. The Hall–Kier alpha value is -1.44. The molecule has 0 fully saturated rings. The summed E-state index contributed by atoms with van der Waals surface area (Å²) in [6, 6.07) is 0. The lowest BCUT2D eigenvalue weighted by atomic mass is 10.6. The quantitative estimate of drug-likeness (QED) is 0.590. The van der Waals surface area contributed by atoms with Gasteiger partial charge in [0.2, 0.25) is 5.88 Å². The molecule has 1 heterocycles. The summed E-state index contributed by atoms with van der Waals surface area (Å²) in [6.45, 7) is 3.19. The van der Waals surface area contributed by atoms with Gasteiger partial charge in [0.15, 0.2) is 0 Å². The number of hydrogen-bond acceptors (Lipinski definition) is 7. The monoisotopic (exact) mass is 271 g/mol. The van der Waals surface area contributed by atoms with Crippen molar-refractivity contribution in [1.29, 1.82) is 0 Å². The molecule has 0 spiro atoms. The summed E-state index contributed by atoms with van der Waals surface area (Å²) in [4.78, 5) is 8.16. The molecule has 19 heavy (non-hydrogen) atoms. The van der Waals surface area contributed by atoms with E-state index in [1.807, 2.05) is 0 Å². The molecule has 0 aliphatic rings. The van der Waals surface area contributed by atoms with Crippen LogP contribution in [-0.2, 0) is 14.2 Å². The zero-order valence-corrected chi connectivity index (χ0v) is 11.4. The second-order valence-corrected chi connectivity index (χ2v) is 3.56. The lowest BCUT2D eigenvalue weighted by Gasteiger charge is -2.07. The van der Waals surface area contributed by atoms with Crippen molar-refractivity contribution in [1.82, 2.24) is 9.97 Å². The fraction of sp³-hybridized carbons (Fsp3) is 0.667. The fourth-order valence-corrected chi connectivity index (χ4v) is 1.21. The van der Waals surface area contributed by atoms with Crippen molar-refractivity contribution in [3.8, 4) is 5.88 Å². The first kappa shape index (κ1) is 15.6. The van der Waals surface area contributed by atoms with E-state index in [9.17, 15) is 0 Å². The smallest absolute Gasteiger partial charge is 0.234 e. The minimum atomic E-state index is 0.430. The van der Waals surface area contributed by atoms with Crippen LogP contribution in [0.4, 0.5) is 5.82 Å². The Balaban J connectivity index is 1.98. The van der Waals surface area contributed by atoms with Gasteiger partial charge in [0.1, 0.15) is 12.4 Å². The Morgan fingerprint density at radius 2 is 1.68 bits per heavy atom. The molecule has 0 bridgehead atoms. The largest absolute Gasteiger partial charge is 0.474 e. The molecule has 0 aromatic carbocycles. The maximum Gasteiger partial charge on any atom is 0.234 e. The Bertz CT molecular complexity index is 339. The van der Waals surface area contributed by atoms with Crippen LogP contribution in [0.15, 0.2) is 12.4 Å². The highest BCUT2D eigenvalue weighted by Crippen LogP contribution is 2.07. The highest BCUT2D eigenvalue weighted by Gasteiger charge is 1.98. The van der Waals surface area contributed by atoms with Crippen molar-refractivity contribution in [2.24, 2.45) is 0 Å². The molecule has 0 saturated heterocycles. The predicted molar refractivity (Wildman–Crippen MR) is 70.6 cm³/mol. The molecule has 0 radical (unpaired) electrons. The minimum Gasteiger partial charge on any atom is -0.474 e. The first-order valence-corrected chi connectivity index (χ1v) is 6.14. The highest BCUT2D eigenvalue weighted by molar-refractivity contribution is 5.31. The van der Waals surface area contributed by atoms with Crippen molar-refractivity contribution in [3.05, 3.63) is 12.4 Å². The summed E-state index contributed by atoms with van der Waals surface area (Å²) < 4.78 is 20.8. The van der Waals surface area contributed by atoms with Gasteiger partial charge in [0.05, 0.1) is 45.4 Å². The Labute approximate surface area is 113 Å². The molecular weight excluding hydrogens is 250 g/mol. The van der Waals surface area contributed by atoms with Gasteiger partial charge in [-0.3, -0.25) is 4.98 Å². The molecule has 1 aromatic rings. The molecule has 0 saturated carbocycles. The first-order valence-electron chi connectivity index (χ1n) is 6.14. The molecule has 0 aliphatic carbocycles. The minimum absolute atomic E-state index is 0.430. The van der Waals surface area contributed by atoms with E-state index in [1.54, 1.807) is 26.6 Å². The molecule has 108 valence electrons. The van der Waals surface area contributed by atoms with Gasteiger partial charge in [-0.05, 0) is 0 Å². The van der Waals surface area contributed by atoms with Crippen LogP contribution in [0.3, 0.4) is 0 Å². The average Bonchev–Trinajstić information content (AvgIpc) is 2.46. The normalized spacial score (nSPS) is 10.4. The van der Waals surface area contributed by atoms with Crippen LogP contribution in [0.5, 0.6) is 5.88 Å². The van der Waals surface area contributed by atoms with E-state index >= 15 is 0 Å². The summed E-state index contributed by atoms with van der Waals surface area (Å²) in [5.74, 6) is 1.15. The average molecular weight is 271 g/mol.